The molecule has 2 aromatic rings. The van der Waals surface area contributed by atoms with Crippen LogP contribution in [-0.4, -0.2) is 11.4 Å². The van der Waals surface area contributed by atoms with Crippen molar-refractivity contribution in [3.05, 3.63) is 72.1 Å². The molecule has 3 nitrogen and oxygen atoms in total. The van der Waals surface area contributed by atoms with Gasteiger partial charge in [0.25, 0.3) is 0 Å². The van der Waals surface area contributed by atoms with Crippen molar-refractivity contribution in [1.29, 1.82) is 0 Å². The van der Waals surface area contributed by atoms with Crippen molar-refractivity contribution < 1.29 is 9.77 Å². The van der Waals surface area contributed by atoms with E-state index in [-0.39, 0.29) is 0 Å². The van der Waals surface area contributed by atoms with Crippen LogP contribution in [0.25, 0.3) is 6.08 Å². The van der Waals surface area contributed by atoms with Gasteiger partial charge in [0, 0.05) is 6.07 Å². The third-order valence-corrected chi connectivity index (χ3v) is 2.51. The van der Waals surface area contributed by atoms with E-state index in [2.05, 4.69) is 29.4 Å². The summed E-state index contributed by atoms with van der Waals surface area (Å²) in [4.78, 5) is 0. The minimum Gasteiger partial charge on any atom is -0.411 e. The molecule has 0 amide bonds. The van der Waals surface area contributed by atoms with E-state index in [0.29, 0.717) is 0 Å². The molecule has 1 aromatic heterocycles. The number of pyridine rings is 1. The third-order valence-electron chi connectivity index (χ3n) is 2.51. The Kier molecular flexibility index (Phi) is 4.25. The van der Waals surface area contributed by atoms with Crippen molar-refractivity contribution >= 4 is 12.3 Å². The topological polar surface area (TPSA) is 36.5 Å². The summed E-state index contributed by atoms with van der Waals surface area (Å²) in [5.74, 6) is 0. The molecule has 0 radical (unpaired) electrons. The van der Waals surface area contributed by atoms with E-state index in [0.717, 1.165) is 12.1 Å². The highest BCUT2D eigenvalue weighted by Crippen LogP contribution is 2.00. The molecule has 1 aromatic carbocycles. The first-order valence-electron chi connectivity index (χ1n) is 5.76. The fourth-order valence-electron chi connectivity index (χ4n) is 1.67. The monoisotopic (exact) mass is 239 g/mol. The maximum absolute atomic E-state index is 8.48. The van der Waals surface area contributed by atoms with E-state index in [1.54, 1.807) is 0 Å². The first-order chi connectivity index (χ1) is 8.88. The largest absolute Gasteiger partial charge is 0.411 e. The summed E-state index contributed by atoms with van der Waals surface area (Å²) in [7, 11) is 0. The molecule has 0 saturated heterocycles. The molecule has 2 rings (SSSR count). The molecule has 1 N–H and O–H groups in total. The number of oxime groups is 1. The summed E-state index contributed by atoms with van der Waals surface area (Å²) in [6, 6.07) is 14.0. The number of aromatic nitrogens is 1. The zero-order chi connectivity index (χ0) is 12.6. The lowest BCUT2D eigenvalue weighted by molar-refractivity contribution is -0.686. The number of hydrogen-bond acceptors (Lipinski definition) is 2. The highest BCUT2D eigenvalue weighted by molar-refractivity contribution is 5.77. The fraction of sp³-hybridized carbons (Fsp3) is 0.0667. The van der Waals surface area contributed by atoms with Gasteiger partial charge in [-0.1, -0.05) is 41.6 Å². The van der Waals surface area contributed by atoms with E-state index < -0.39 is 0 Å². The zero-order valence-corrected chi connectivity index (χ0v) is 9.98. The van der Waals surface area contributed by atoms with E-state index >= 15 is 0 Å². The highest BCUT2D eigenvalue weighted by Gasteiger charge is 1.98. The molecule has 3 heteroatoms. The predicted molar refractivity (Wildman–Crippen MR) is 71.5 cm³/mol. The Bertz CT molecular complexity index is 547. The Morgan fingerprint density at radius 3 is 2.61 bits per heavy atom. The molecule has 1 heterocycles. The summed E-state index contributed by atoms with van der Waals surface area (Å²) in [5, 5.41) is 11.5. The van der Waals surface area contributed by atoms with Gasteiger partial charge < -0.3 is 5.21 Å². The Morgan fingerprint density at radius 2 is 1.83 bits per heavy atom. The van der Waals surface area contributed by atoms with Gasteiger partial charge >= 0.3 is 0 Å². The lowest BCUT2D eigenvalue weighted by atomic mass is 10.2. The maximum atomic E-state index is 8.48. The molecule has 0 spiro atoms. The van der Waals surface area contributed by atoms with Crippen LogP contribution in [0.2, 0.25) is 0 Å². The van der Waals surface area contributed by atoms with Crippen LogP contribution in [0, 0.1) is 0 Å². The van der Waals surface area contributed by atoms with Crippen LogP contribution in [0.15, 0.2) is 66.1 Å². The smallest absolute Gasteiger partial charge is 0.178 e. The molecule has 0 unspecified atom stereocenters. The van der Waals surface area contributed by atoms with Gasteiger partial charge in [0.1, 0.15) is 0 Å². The van der Waals surface area contributed by atoms with E-state index in [1.807, 2.05) is 47.3 Å². The predicted octanol–water partition coefficient (Wildman–Crippen LogP) is 2.50. The number of benzene rings is 1. The second kappa shape index (κ2) is 6.35. The standard InChI is InChI=1S/C15H14N2O/c18-16-12-15-9-5-11-17(13-15)10-4-8-14-6-2-1-3-7-14/h1-9,11-13H,10H2/p+1/b8-4+,16-12-. The lowest BCUT2D eigenvalue weighted by Crippen LogP contribution is -2.32. The first kappa shape index (κ1) is 12.0. The second-order valence-electron chi connectivity index (χ2n) is 3.89. The molecule has 0 saturated carbocycles. The molecule has 0 aliphatic carbocycles. The van der Waals surface area contributed by atoms with Gasteiger partial charge in [-0.3, -0.25) is 0 Å². The van der Waals surface area contributed by atoms with Gasteiger partial charge in [-0.05, 0) is 17.7 Å². The summed E-state index contributed by atoms with van der Waals surface area (Å²) >= 11 is 0. The van der Waals surface area contributed by atoms with Crippen LogP contribution >= 0.6 is 0 Å². The van der Waals surface area contributed by atoms with Crippen molar-refractivity contribution in [3.63, 3.8) is 0 Å². The van der Waals surface area contributed by atoms with Gasteiger partial charge in [-0.15, -0.1) is 0 Å². The van der Waals surface area contributed by atoms with Crippen LogP contribution in [0.5, 0.6) is 0 Å². The minimum atomic E-state index is 0.780. The Labute approximate surface area is 106 Å². The second-order valence-corrected chi connectivity index (χ2v) is 3.89. The number of nitrogens with zero attached hydrogens (tertiary/aromatic N) is 2. The summed E-state index contributed by atoms with van der Waals surface area (Å²) in [5.41, 5.74) is 2.05. The van der Waals surface area contributed by atoms with Crippen molar-refractivity contribution in [2.75, 3.05) is 0 Å². The quantitative estimate of drug-likeness (QED) is 0.378. The number of allylic oxidation sites excluding steroid dienone is 1. The molecule has 0 fully saturated rings. The number of hydrogen-bond donors (Lipinski definition) is 1. The average molecular weight is 239 g/mol. The molecule has 18 heavy (non-hydrogen) atoms. The van der Waals surface area contributed by atoms with Gasteiger partial charge in [-0.2, -0.15) is 0 Å². The SMILES string of the molecule is O/N=C\c1ccc[n+](C/C=C/c2ccccc2)c1. The van der Waals surface area contributed by atoms with Crippen molar-refractivity contribution in [2.45, 2.75) is 6.54 Å². The van der Waals surface area contributed by atoms with Crippen LogP contribution in [-0.2, 0) is 6.54 Å². The molecule has 0 aliphatic heterocycles. The van der Waals surface area contributed by atoms with Gasteiger partial charge in [0.2, 0.25) is 0 Å². The van der Waals surface area contributed by atoms with Crippen molar-refractivity contribution in [3.8, 4) is 0 Å². The minimum absolute atomic E-state index is 0.780. The van der Waals surface area contributed by atoms with Gasteiger partial charge in [0.05, 0.1) is 11.8 Å². The van der Waals surface area contributed by atoms with Crippen LogP contribution < -0.4 is 4.57 Å². The average Bonchev–Trinajstić information content (AvgIpc) is 2.41. The van der Waals surface area contributed by atoms with E-state index in [1.165, 1.54) is 11.8 Å². The van der Waals surface area contributed by atoms with E-state index in [9.17, 15) is 0 Å². The first-order valence-corrected chi connectivity index (χ1v) is 5.76. The Balaban J connectivity index is 2.02. The Hall–Kier alpha value is -2.42. The van der Waals surface area contributed by atoms with Crippen molar-refractivity contribution in [2.24, 2.45) is 5.16 Å². The van der Waals surface area contributed by atoms with Gasteiger partial charge in [0.15, 0.2) is 18.9 Å². The van der Waals surface area contributed by atoms with Crippen molar-refractivity contribution in [1.82, 2.24) is 0 Å². The molecule has 0 atom stereocenters. The van der Waals surface area contributed by atoms with E-state index in [4.69, 9.17) is 5.21 Å². The zero-order valence-electron chi connectivity index (χ0n) is 9.98. The normalized spacial score (nSPS) is 11.3. The molecule has 90 valence electrons. The van der Waals surface area contributed by atoms with Gasteiger partial charge in [-0.25, -0.2) is 4.57 Å². The molecular weight excluding hydrogens is 224 g/mol. The molecule has 0 bridgehead atoms. The molecule has 0 aliphatic rings. The third kappa shape index (κ3) is 3.56. The summed E-state index contributed by atoms with van der Waals surface area (Å²) < 4.78 is 2.02. The van der Waals surface area contributed by atoms with Crippen LogP contribution in [0.1, 0.15) is 11.1 Å². The number of rotatable bonds is 4. The highest BCUT2D eigenvalue weighted by atomic mass is 16.4. The fourth-order valence-corrected chi connectivity index (χ4v) is 1.67. The molecular formula is C15H15N2O+. The summed E-state index contributed by atoms with van der Waals surface area (Å²) in [6.07, 6.45) is 9.49. The lowest BCUT2D eigenvalue weighted by Gasteiger charge is -1.94. The Morgan fingerprint density at radius 1 is 1.06 bits per heavy atom. The summed E-state index contributed by atoms with van der Waals surface area (Å²) in [6.45, 7) is 0.780. The van der Waals surface area contributed by atoms with Crippen LogP contribution in [0.4, 0.5) is 0 Å². The maximum Gasteiger partial charge on any atom is 0.178 e. The van der Waals surface area contributed by atoms with Crippen LogP contribution in [0.3, 0.4) is 0 Å².